The van der Waals surface area contributed by atoms with Gasteiger partial charge in [-0.15, -0.1) is 0 Å². The molecule has 0 aliphatic rings. The van der Waals surface area contributed by atoms with E-state index in [2.05, 4.69) is 4.74 Å². The molecular weight excluding hydrogens is 597 g/mol. The lowest BCUT2D eigenvalue weighted by Crippen LogP contribution is -2.25. The highest BCUT2D eigenvalue weighted by Gasteiger charge is 2.41. The van der Waals surface area contributed by atoms with Crippen LogP contribution in [0.3, 0.4) is 0 Å². The summed E-state index contributed by atoms with van der Waals surface area (Å²) in [4.78, 5) is 0. The lowest BCUT2D eigenvalue weighted by atomic mass is 9.99. The van der Waals surface area contributed by atoms with Gasteiger partial charge in [0, 0.05) is 17.6 Å². The number of unbranched alkanes of at least 4 members (excludes halogenated alkanes) is 2. The van der Waals surface area contributed by atoms with Gasteiger partial charge in [0.2, 0.25) is 0 Å². The Morgan fingerprint density at radius 2 is 1.40 bits per heavy atom. The zero-order valence-corrected chi connectivity index (χ0v) is 22.0. The largest absolute Gasteiger partial charge is 0.458 e. The van der Waals surface area contributed by atoms with Crippen LogP contribution in [0.25, 0.3) is 21.9 Å². The van der Waals surface area contributed by atoms with Gasteiger partial charge in [0.1, 0.15) is 40.4 Å². The van der Waals surface area contributed by atoms with Crippen molar-refractivity contribution in [1.29, 1.82) is 0 Å². The standard InChI is InChI=1S/C31H19F11O/c1-2-3-4-5-16-6-7-20(22(32)10-16)17-12-25(35)28(26(36)13-17)31(41,42)43-19-11-18-14-23(33)21(8-9-30(38,39)40)29(37)27(18)24(34)15-19/h6-7,10-15H,2-5H2,1H3. The second kappa shape index (κ2) is 12.1. The van der Waals surface area contributed by atoms with Crippen LogP contribution in [-0.2, 0) is 12.5 Å². The normalized spacial score (nSPS) is 11.9. The smallest absolute Gasteiger partial charge is 0.429 e. The van der Waals surface area contributed by atoms with Crippen LogP contribution >= 0.6 is 0 Å². The molecule has 0 spiro atoms. The van der Waals surface area contributed by atoms with Crippen LogP contribution in [0.2, 0.25) is 0 Å². The van der Waals surface area contributed by atoms with Crippen molar-refractivity contribution in [1.82, 2.24) is 0 Å². The summed E-state index contributed by atoms with van der Waals surface area (Å²) in [6, 6.07) is 5.88. The average Bonchev–Trinajstić information content (AvgIpc) is 2.86. The first kappa shape index (κ1) is 31.7. The van der Waals surface area contributed by atoms with E-state index >= 15 is 0 Å². The van der Waals surface area contributed by atoms with Crippen molar-refractivity contribution in [2.45, 2.75) is 44.9 Å². The Hall–Kier alpha value is -4.27. The zero-order valence-electron chi connectivity index (χ0n) is 22.0. The molecule has 0 saturated heterocycles. The predicted molar refractivity (Wildman–Crippen MR) is 136 cm³/mol. The summed E-state index contributed by atoms with van der Waals surface area (Å²) in [6.07, 6.45) is -6.71. The minimum atomic E-state index is -5.12. The van der Waals surface area contributed by atoms with E-state index in [0.717, 1.165) is 19.3 Å². The summed E-state index contributed by atoms with van der Waals surface area (Å²) >= 11 is 0. The van der Waals surface area contributed by atoms with E-state index in [9.17, 15) is 48.3 Å². The van der Waals surface area contributed by atoms with E-state index in [1.54, 1.807) is 6.07 Å². The fourth-order valence-electron chi connectivity index (χ4n) is 4.43. The van der Waals surface area contributed by atoms with Gasteiger partial charge in [-0.1, -0.05) is 37.8 Å². The van der Waals surface area contributed by atoms with Crippen LogP contribution in [0.5, 0.6) is 5.75 Å². The van der Waals surface area contributed by atoms with Crippen molar-refractivity contribution in [3.8, 4) is 28.7 Å². The van der Waals surface area contributed by atoms with E-state index in [1.807, 2.05) is 6.92 Å². The van der Waals surface area contributed by atoms with E-state index in [4.69, 9.17) is 0 Å². The molecule has 0 saturated carbocycles. The minimum Gasteiger partial charge on any atom is -0.429 e. The van der Waals surface area contributed by atoms with Crippen molar-refractivity contribution < 1.29 is 53.0 Å². The van der Waals surface area contributed by atoms with E-state index in [1.165, 1.54) is 18.1 Å². The van der Waals surface area contributed by atoms with Crippen LogP contribution in [0.4, 0.5) is 48.3 Å². The molecule has 43 heavy (non-hydrogen) atoms. The summed E-state index contributed by atoms with van der Waals surface area (Å²) < 4.78 is 159. The molecule has 0 atom stereocenters. The molecule has 0 aromatic heterocycles. The van der Waals surface area contributed by atoms with E-state index in [-0.39, 0.29) is 17.2 Å². The summed E-state index contributed by atoms with van der Waals surface area (Å²) in [6.45, 7) is 1.99. The first-order valence-corrected chi connectivity index (χ1v) is 12.7. The maximum atomic E-state index is 15.0. The van der Waals surface area contributed by atoms with Crippen LogP contribution in [-0.4, -0.2) is 6.18 Å². The number of hydrogen-bond donors (Lipinski definition) is 0. The first-order valence-electron chi connectivity index (χ1n) is 12.7. The number of fused-ring (bicyclic) bond motifs is 1. The number of halogens is 11. The Morgan fingerprint density at radius 3 is 2.00 bits per heavy atom. The van der Waals surface area contributed by atoms with Gasteiger partial charge in [0.25, 0.3) is 0 Å². The van der Waals surface area contributed by atoms with Gasteiger partial charge in [-0.25, -0.2) is 26.3 Å². The highest BCUT2D eigenvalue weighted by molar-refractivity contribution is 5.87. The molecule has 4 aromatic rings. The Labute approximate surface area is 237 Å². The summed E-state index contributed by atoms with van der Waals surface area (Å²) in [7, 11) is 0. The fraction of sp³-hybridized carbons (Fsp3) is 0.226. The number of benzene rings is 4. The SMILES string of the molecule is CCCCCc1ccc(-c2cc(F)c(C(F)(F)Oc3cc(F)c4c(F)c(C#CC(F)(F)F)c(F)cc4c3)c(F)c2)c(F)c1. The van der Waals surface area contributed by atoms with Gasteiger partial charge in [0.05, 0.1) is 10.9 Å². The second-order valence-corrected chi connectivity index (χ2v) is 9.50. The van der Waals surface area contributed by atoms with Crippen LogP contribution in [0, 0.1) is 46.7 Å². The van der Waals surface area contributed by atoms with Crippen molar-refractivity contribution >= 4 is 10.8 Å². The Balaban J connectivity index is 1.66. The first-order chi connectivity index (χ1) is 20.1. The number of alkyl halides is 5. The van der Waals surface area contributed by atoms with Crippen LogP contribution < -0.4 is 4.74 Å². The van der Waals surface area contributed by atoms with Crippen molar-refractivity contribution in [2.75, 3.05) is 0 Å². The number of aryl methyl sites for hydroxylation is 1. The molecule has 0 radical (unpaired) electrons. The van der Waals surface area contributed by atoms with E-state index < -0.39 is 74.8 Å². The monoisotopic (exact) mass is 616 g/mol. The van der Waals surface area contributed by atoms with Crippen molar-refractivity contribution in [3.63, 3.8) is 0 Å². The molecule has 0 heterocycles. The maximum Gasteiger partial charge on any atom is 0.458 e. The molecule has 0 bridgehead atoms. The molecule has 0 amide bonds. The van der Waals surface area contributed by atoms with Gasteiger partial charge in [-0.05, 0) is 59.7 Å². The second-order valence-electron chi connectivity index (χ2n) is 9.50. The predicted octanol–water partition coefficient (Wildman–Crippen LogP) is 10.1. The number of hydrogen-bond acceptors (Lipinski definition) is 1. The van der Waals surface area contributed by atoms with Gasteiger partial charge in [0.15, 0.2) is 5.82 Å². The highest BCUT2D eigenvalue weighted by Crippen LogP contribution is 2.39. The third-order valence-corrected chi connectivity index (χ3v) is 6.38. The lowest BCUT2D eigenvalue weighted by molar-refractivity contribution is -0.189. The van der Waals surface area contributed by atoms with Gasteiger partial charge in [-0.2, -0.15) is 22.0 Å². The number of rotatable bonds is 8. The minimum absolute atomic E-state index is 0.166. The van der Waals surface area contributed by atoms with Gasteiger partial charge in [-0.3, -0.25) is 0 Å². The van der Waals surface area contributed by atoms with E-state index in [0.29, 0.717) is 42.2 Å². The quantitative estimate of drug-likeness (QED) is 0.109. The molecule has 226 valence electrons. The summed E-state index contributed by atoms with van der Waals surface area (Å²) in [5.74, 6) is -8.96. The highest BCUT2D eigenvalue weighted by atomic mass is 19.4. The third-order valence-electron chi connectivity index (χ3n) is 6.38. The molecule has 4 rings (SSSR count). The summed E-state index contributed by atoms with van der Waals surface area (Å²) in [5.41, 5.74) is -3.34. The molecule has 4 aromatic carbocycles. The molecular formula is C31H19F11O. The molecule has 12 heteroatoms. The Morgan fingerprint density at radius 1 is 0.721 bits per heavy atom. The fourth-order valence-corrected chi connectivity index (χ4v) is 4.43. The molecule has 0 fully saturated rings. The molecule has 1 nitrogen and oxygen atoms in total. The maximum absolute atomic E-state index is 15.0. The van der Waals surface area contributed by atoms with Crippen LogP contribution in [0.15, 0.2) is 48.5 Å². The third kappa shape index (κ3) is 7.04. The molecule has 0 aliphatic heterocycles. The molecule has 0 unspecified atom stereocenters. The van der Waals surface area contributed by atoms with Crippen molar-refractivity contribution in [3.05, 3.63) is 100 Å². The van der Waals surface area contributed by atoms with Crippen LogP contribution in [0.1, 0.15) is 42.9 Å². The number of ether oxygens (including phenoxy) is 1. The molecule has 0 aliphatic carbocycles. The average molecular weight is 616 g/mol. The zero-order chi connectivity index (χ0) is 31.7. The Bertz CT molecular complexity index is 1720. The topological polar surface area (TPSA) is 9.23 Å². The lowest BCUT2D eigenvalue weighted by Gasteiger charge is -2.20. The van der Waals surface area contributed by atoms with Gasteiger partial charge >= 0.3 is 12.3 Å². The van der Waals surface area contributed by atoms with Gasteiger partial charge < -0.3 is 4.74 Å². The van der Waals surface area contributed by atoms with Crippen molar-refractivity contribution in [2.24, 2.45) is 0 Å². The summed E-state index contributed by atoms with van der Waals surface area (Å²) in [5, 5.41) is -1.85. The molecule has 0 N–H and O–H groups in total. The Kier molecular flexibility index (Phi) is 8.94.